The van der Waals surface area contributed by atoms with E-state index < -0.39 is 11.9 Å². The number of hydrogen-bond acceptors (Lipinski definition) is 5. The fourth-order valence-corrected chi connectivity index (χ4v) is 3.99. The number of fused-ring (bicyclic) bond motifs is 2. The zero-order chi connectivity index (χ0) is 21.0. The normalized spacial score (nSPS) is 15.6. The Kier molecular flexibility index (Phi) is 4.11. The number of rotatable bonds is 2. The van der Waals surface area contributed by atoms with Crippen molar-refractivity contribution in [1.29, 1.82) is 0 Å². The third-order valence-electron chi connectivity index (χ3n) is 5.16. The molecule has 5 rings (SSSR count). The molecule has 6 nitrogen and oxygen atoms in total. The molecule has 1 amide bonds. The quantitative estimate of drug-likeness (QED) is 0.514. The van der Waals surface area contributed by atoms with Crippen LogP contribution in [-0.2, 0) is 0 Å². The lowest BCUT2D eigenvalue weighted by atomic mass is 9.98. The van der Waals surface area contributed by atoms with Gasteiger partial charge in [-0.2, -0.15) is 0 Å². The first-order chi connectivity index (χ1) is 14.4. The molecular formula is C23H15ClN2O4. The van der Waals surface area contributed by atoms with Crippen LogP contribution in [0.2, 0.25) is 5.02 Å². The van der Waals surface area contributed by atoms with Gasteiger partial charge in [0.05, 0.1) is 17.0 Å². The van der Waals surface area contributed by atoms with E-state index in [0.717, 1.165) is 5.69 Å². The van der Waals surface area contributed by atoms with Crippen molar-refractivity contribution in [3.05, 3.63) is 98.5 Å². The van der Waals surface area contributed by atoms with Crippen LogP contribution in [0.15, 0.2) is 69.9 Å². The molecule has 0 fully saturated rings. The van der Waals surface area contributed by atoms with Crippen molar-refractivity contribution in [2.24, 2.45) is 0 Å². The maximum atomic E-state index is 13.4. The second-order valence-corrected chi connectivity index (χ2v) is 7.56. The number of amides is 1. The SMILES string of the molecule is Cc1cccc(N2C(=O)c3oc4ccc(Cl)cc4c(=O)c3C2c2ccc(O)cc2)n1. The molecule has 0 aliphatic carbocycles. The van der Waals surface area contributed by atoms with Crippen molar-refractivity contribution in [1.82, 2.24) is 4.98 Å². The van der Waals surface area contributed by atoms with E-state index in [-0.39, 0.29) is 22.5 Å². The first-order valence-electron chi connectivity index (χ1n) is 9.26. The van der Waals surface area contributed by atoms with Crippen LogP contribution in [0.3, 0.4) is 0 Å². The number of hydrogen-bond donors (Lipinski definition) is 1. The predicted molar refractivity (Wildman–Crippen MR) is 113 cm³/mol. The van der Waals surface area contributed by atoms with Gasteiger partial charge < -0.3 is 9.52 Å². The lowest BCUT2D eigenvalue weighted by Gasteiger charge is -2.24. The second-order valence-electron chi connectivity index (χ2n) is 7.12. The summed E-state index contributed by atoms with van der Waals surface area (Å²) in [4.78, 5) is 32.8. The van der Waals surface area contributed by atoms with E-state index in [9.17, 15) is 14.7 Å². The molecule has 148 valence electrons. The molecule has 2 aromatic carbocycles. The standard InChI is InChI=1S/C23H15ClN2O4/c1-12-3-2-4-18(25-12)26-20(13-5-8-15(27)9-6-13)19-21(28)16-11-14(24)7-10-17(16)30-22(19)23(26)29/h2-11,20,27H,1H3. The highest BCUT2D eigenvalue weighted by molar-refractivity contribution is 6.31. The molecule has 3 heterocycles. The molecule has 1 atom stereocenters. The first kappa shape index (κ1) is 18.4. The predicted octanol–water partition coefficient (Wildman–Crippen LogP) is 4.61. The molecule has 0 spiro atoms. The Labute approximate surface area is 176 Å². The van der Waals surface area contributed by atoms with Crippen molar-refractivity contribution in [2.75, 3.05) is 4.90 Å². The smallest absolute Gasteiger partial charge is 0.296 e. The van der Waals surface area contributed by atoms with Gasteiger partial charge in [-0.1, -0.05) is 29.8 Å². The van der Waals surface area contributed by atoms with Crippen LogP contribution in [0.1, 0.15) is 33.4 Å². The summed E-state index contributed by atoms with van der Waals surface area (Å²) in [6, 6.07) is 15.7. The number of pyridine rings is 1. The van der Waals surface area contributed by atoms with Crippen LogP contribution in [0.25, 0.3) is 11.0 Å². The van der Waals surface area contributed by atoms with Crippen molar-refractivity contribution < 1.29 is 14.3 Å². The zero-order valence-corrected chi connectivity index (χ0v) is 16.6. The summed E-state index contributed by atoms with van der Waals surface area (Å²) in [6.07, 6.45) is 0. The number of benzene rings is 2. The minimum atomic E-state index is -0.748. The molecule has 30 heavy (non-hydrogen) atoms. The number of aromatic hydroxyl groups is 1. The summed E-state index contributed by atoms with van der Waals surface area (Å²) < 4.78 is 5.88. The van der Waals surface area contributed by atoms with Crippen molar-refractivity contribution in [2.45, 2.75) is 13.0 Å². The highest BCUT2D eigenvalue weighted by Crippen LogP contribution is 2.41. The number of carbonyl (C=O) groups is 1. The lowest BCUT2D eigenvalue weighted by molar-refractivity contribution is 0.0970. The number of carbonyl (C=O) groups excluding carboxylic acids is 1. The van der Waals surface area contributed by atoms with Crippen molar-refractivity contribution in [3.63, 3.8) is 0 Å². The Bertz CT molecular complexity index is 1380. The molecule has 0 saturated heterocycles. The van der Waals surface area contributed by atoms with E-state index in [1.165, 1.54) is 23.1 Å². The van der Waals surface area contributed by atoms with Gasteiger partial charge in [-0.05, 0) is 55.0 Å². The minimum Gasteiger partial charge on any atom is -0.508 e. The number of aryl methyl sites for hydroxylation is 1. The molecule has 1 unspecified atom stereocenters. The summed E-state index contributed by atoms with van der Waals surface area (Å²) in [5.41, 5.74) is 1.58. The summed E-state index contributed by atoms with van der Waals surface area (Å²) in [7, 11) is 0. The molecular weight excluding hydrogens is 404 g/mol. The van der Waals surface area contributed by atoms with Gasteiger partial charge in [-0.3, -0.25) is 14.5 Å². The van der Waals surface area contributed by atoms with Crippen LogP contribution in [-0.4, -0.2) is 16.0 Å². The average Bonchev–Trinajstić information content (AvgIpc) is 3.02. The average molecular weight is 419 g/mol. The Hall–Kier alpha value is -3.64. The Morgan fingerprint density at radius 3 is 2.57 bits per heavy atom. The first-order valence-corrected chi connectivity index (χ1v) is 9.64. The molecule has 0 radical (unpaired) electrons. The van der Waals surface area contributed by atoms with Gasteiger partial charge in [0.2, 0.25) is 5.76 Å². The monoisotopic (exact) mass is 418 g/mol. The van der Waals surface area contributed by atoms with Gasteiger partial charge in [0.15, 0.2) is 5.43 Å². The van der Waals surface area contributed by atoms with Crippen LogP contribution in [0, 0.1) is 6.92 Å². The molecule has 1 aliphatic rings. The van der Waals surface area contributed by atoms with Crippen LogP contribution in [0.5, 0.6) is 5.75 Å². The molecule has 1 aliphatic heterocycles. The highest BCUT2D eigenvalue weighted by Gasteiger charge is 2.44. The number of aromatic nitrogens is 1. The van der Waals surface area contributed by atoms with Gasteiger partial charge in [-0.25, -0.2) is 4.98 Å². The lowest BCUT2D eigenvalue weighted by Crippen LogP contribution is -2.30. The number of nitrogens with zero attached hydrogens (tertiary/aromatic N) is 2. The summed E-state index contributed by atoms with van der Waals surface area (Å²) in [5, 5.41) is 10.4. The number of anilines is 1. The summed E-state index contributed by atoms with van der Waals surface area (Å²) in [6.45, 7) is 1.83. The van der Waals surface area contributed by atoms with Gasteiger partial charge in [0.25, 0.3) is 5.91 Å². The van der Waals surface area contributed by atoms with Gasteiger partial charge in [0.1, 0.15) is 17.2 Å². The second kappa shape index (κ2) is 6.71. The summed E-state index contributed by atoms with van der Waals surface area (Å²) in [5.74, 6) is 0.0261. The minimum absolute atomic E-state index is 0.0174. The van der Waals surface area contributed by atoms with E-state index in [4.69, 9.17) is 16.0 Å². The number of halogens is 1. The fourth-order valence-electron chi connectivity index (χ4n) is 3.82. The number of phenolic OH excluding ortho intramolecular Hbond substituents is 1. The number of phenols is 1. The van der Waals surface area contributed by atoms with Crippen molar-refractivity contribution in [3.8, 4) is 5.75 Å². The van der Waals surface area contributed by atoms with Crippen LogP contribution in [0.4, 0.5) is 5.82 Å². The molecule has 0 bridgehead atoms. The third-order valence-corrected chi connectivity index (χ3v) is 5.40. The van der Waals surface area contributed by atoms with Gasteiger partial charge >= 0.3 is 0 Å². The molecule has 4 aromatic rings. The Morgan fingerprint density at radius 2 is 1.83 bits per heavy atom. The third kappa shape index (κ3) is 2.76. The fraction of sp³-hybridized carbons (Fsp3) is 0.0870. The largest absolute Gasteiger partial charge is 0.508 e. The van der Waals surface area contributed by atoms with E-state index in [0.29, 0.717) is 27.4 Å². The maximum Gasteiger partial charge on any atom is 0.296 e. The van der Waals surface area contributed by atoms with Gasteiger partial charge in [0, 0.05) is 10.7 Å². The topological polar surface area (TPSA) is 83.6 Å². The van der Waals surface area contributed by atoms with Crippen molar-refractivity contribution >= 4 is 34.3 Å². The molecule has 1 N–H and O–H groups in total. The molecule has 2 aromatic heterocycles. The Balaban J connectivity index is 1.83. The molecule has 7 heteroatoms. The van der Waals surface area contributed by atoms with E-state index in [1.807, 2.05) is 13.0 Å². The Morgan fingerprint density at radius 1 is 1.07 bits per heavy atom. The zero-order valence-electron chi connectivity index (χ0n) is 15.8. The van der Waals surface area contributed by atoms with Crippen LogP contribution >= 0.6 is 11.6 Å². The highest BCUT2D eigenvalue weighted by atomic mass is 35.5. The van der Waals surface area contributed by atoms with E-state index >= 15 is 0 Å². The molecule has 0 saturated carbocycles. The van der Waals surface area contributed by atoms with E-state index in [1.54, 1.807) is 36.4 Å². The summed E-state index contributed by atoms with van der Waals surface area (Å²) >= 11 is 6.09. The maximum absolute atomic E-state index is 13.4. The van der Waals surface area contributed by atoms with Gasteiger partial charge in [-0.15, -0.1) is 0 Å². The van der Waals surface area contributed by atoms with Crippen LogP contribution < -0.4 is 10.3 Å². The van der Waals surface area contributed by atoms with E-state index in [2.05, 4.69) is 4.98 Å².